The highest BCUT2D eigenvalue weighted by Crippen LogP contribution is 2.17. The van der Waals surface area contributed by atoms with E-state index in [1.54, 1.807) is 0 Å². The summed E-state index contributed by atoms with van der Waals surface area (Å²) in [6, 6.07) is 8.24. The number of rotatable bonds is 8. The highest BCUT2D eigenvalue weighted by Gasteiger charge is 2.11. The van der Waals surface area contributed by atoms with E-state index in [1.807, 2.05) is 12.1 Å². The number of aliphatic hydroxyl groups is 1. The highest BCUT2D eigenvalue weighted by molar-refractivity contribution is 5.24. The molecule has 2 nitrogen and oxygen atoms in total. The number of aliphatic hydroxyl groups excluding tert-OH is 1. The molecule has 2 unspecified atom stereocenters. The molecule has 0 aromatic heterocycles. The van der Waals surface area contributed by atoms with Crippen LogP contribution in [0.5, 0.6) is 0 Å². The lowest BCUT2D eigenvalue weighted by Gasteiger charge is -2.18. The van der Waals surface area contributed by atoms with Crippen LogP contribution in [0.4, 0.5) is 0 Å². The minimum Gasteiger partial charge on any atom is -0.386 e. The van der Waals surface area contributed by atoms with Crippen molar-refractivity contribution in [2.24, 2.45) is 11.8 Å². The van der Waals surface area contributed by atoms with Crippen molar-refractivity contribution in [1.82, 2.24) is 0 Å². The number of ether oxygens (including phenoxy) is 1. The van der Waals surface area contributed by atoms with Crippen LogP contribution in [0.15, 0.2) is 24.3 Å². The molecule has 0 aliphatic rings. The molecular formula is C18H30O2. The Kier molecular flexibility index (Phi) is 7.25. The molecule has 2 heteroatoms. The van der Waals surface area contributed by atoms with Crippen molar-refractivity contribution in [2.45, 2.75) is 59.7 Å². The van der Waals surface area contributed by atoms with Crippen molar-refractivity contribution in [3.05, 3.63) is 35.4 Å². The molecule has 2 atom stereocenters. The third-order valence-corrected chi connectivity index (χ3v) is 3.35. The lowest BCUT2D eigenvalue weighted by Crippen LogP contribution is -2.16. The zero-order chi connectivity index (χ0) is 15.1. The first-order valence-corrected chi connectivity index (χ1v) is 7.77. The van der Waals surface area contributed by atoms with Crippen molar-refractivity contribution >= 4 is 0 Å². The fourth-order valence-electron chi connectivity index (χ4n) is 2.43. The summed E-state index contributed by atoms with van der Waals surface area (Å²) in [6.45, 7) is 11.2. The molecule has 0 bridgehead atoms. The third kappa shape index (κ3) is 6.53. The molecule has 0 amide bonds. The maximum absolute atomic E-state index is 10.2. The Balaban J connectivity index is 2.45. The fraction of sp³-hybridized carbons (Fsp3) is 0.667. The molecule has 0 spiro atoms. The molecule has 1 N–H and O–H groups in total. The van der Waals surface area contributed by atoms with E-state index in [0.29, 0.717) is 18.4 Å². The quantitative estimate of drug-likeness (QED) is 0.765. The van der Waals surface area contributed by atoms with Crippen LogP contribution in [0.3, 0.4) is 0 Å². The fourth-order valence-corrected chi connectivity index (χ4v) is 2.43. The van der Waals surface area contributed by atoms with Gasteiger partial charge in [0.1, 0.15) is 6.10 Å². The summed E-state index contributed by atoms with van der Waals surface area (Å²) in [7, 11) is 0. The van der Waals surface area contributed by atoms with Gasteiger partial charge in [0.05, 0.1) is 12.7 Å². The topological polar surface area (TPSA) is 29.5 Å². The summed E-state index contributed by atoms with van der Waals surface area (Å²) >= 11 is 0. The van der Waals surface area contributed by atoms with E-state index in [-0.39, 0.29) is 6.10 Å². The Morgan fingerprint density at radius 2 is 1.55 bits per heavy atom. The maximum atomic E-state index is 10.2. The largest absolute Gasteiger partial charge is 0.386 e. The summed E-state index contributed by atoms with van der Waals surface area (Å²) in [4.78, 5) is 0. The van der Waals surface area contributed by atoms with Gasteiger partial charge in [-0.1, -0.05) is 52.0 Å². The molecular weight excluding hydrogens is 248 g/mol. The van der Waals surface area contributed by atoms with E-state index in [0.717, 1.165) is 18.4 Å². The van der Waals surface area contributed by atoms with Crippen molar-refractivity contribution in [3.8, 4) is 0 Å². The smallest absolute Gasteiger partial charge is 0.102 e. The molecule has 114 valence electrons. The van der Waals surface area contributed by atoms with E-state index < -0.39 is 6.10 Å². The molecule has 1 aromatic rings. The predicted octanol–water partition coefficient (Wildman–Crippen LogP) is 4.37. The number of hydrogen-bond acceptors (Lipinski definition) is 2. The van der Waals surface area contributed by atoms with E-state index in [2.05, 4.69) is 46.8 Å². The van der Waals surface area contributed by atoms with Gasteiger partial charge in [0.15, 0.2) is 0 Å². The molecule has 1 rings (SSSR count). The second-order valence-corrected chi connectivity index (χ2v) is 6.63. The molecule has 0 aliphatic heterocycles. The molecule has 0 radical (unpaired) electrons. The van der Waals surface area contributed by atoms with Crippen molar-refractivity contribution in [2.75, 3.05) is 6.61 Å². The van der Waals surface area contributed by atoms with Gasteiger partial charge in [-0.3, -0.25) is 0 Å². The van der Waals surface area contributed by atoms with Crippen LogP contribution in [0, 0.1) is 11.8 Å². The lowest BCUT2D eigenvalue weighted by molar-refractivity contribution is -0.0101. The van der Waals surface area contributed by atoms with Crippen LogP contribution in [0.1, 0.15) is 58.3 Å². The predicted molar refractivity (Wildman–Crippen MR) is 84.8 cm³/mol. The normalized spacial score (nSPS) is 14.8. The van der Waals surface area contributed by atoms with Crippen LogP contribution in [-0.4, -0.2) is 17.8 Å². The molecule has 0 heterocycles. The zero-order valence-corrected chi connectivity index (χ0v) is 13.6. The monoisotopic (exact) mass is 278 g/mol. The number of benzene rings is 1. The first kappa shape index (κ1) is 17.2. The van der Waals surface area contributed by atoms with E-state index in [9.17, 15) is 5.11 Å². The van der Waals surface area contributed by atoms with Gasteiger partial charge in [0.25, 0.3) is 0 Å². The Morgan fingerprint density at radius 3 is 2.05 bits per heavy atom. The Morgan fingerprint density at radius 1 is 0.950 bits per heavy atom. The average molecular weight is 278 g/mol. The van der Waals surface area contributed by atoms with E-state index in [4.69, 9.17) is 4.74 Å². The van der Waals surface area contributed by atoms with E-state index in [1.165, 1.54) is 5.56 Å². The van der Waals surface area contributed by atoms with E-state index >= 15 is 0 Å². The van der Waals surface area contributed by atoms with Gasteiger partial charge in [-0.05, 0) is 42.7 Å². The Labute approximate surface area is 124 Å². The molecule has 0 aliphatic carbocycles. The maximum Gasteiger partial charge on any atom is 0.102 e. The summed E-state index contributed by atoms with van der Waals surface area (Å²) in [5.74, 6) is 1.28. The Bertz CT molecular complexity index is 368. The first-order chi connectivity index (χ1) is 9.38. The highest BCUT2D eigenvalue weighted by atomic mass is 16.5. The average Bonchev–Trinajstić information content (AvgIpc) is 2.35. The van der Waals surface area contributed by atoms with Crippen LogP contribution >= 0.6 is 0 Å². The van der Waals surface area contributed by atoms with Crippen molar-refractivity contribution < 1.29 is 9.84 Å². The molecule has 0 saturated heterocycles. The minimum atomic E-state index is -0.530. The standard InChI is InChI=1S/C18H30O2/c1-13(2)10-15(5)20-12-18(19)17-8-6-16(7-9-17)11-14(3)4/h6-9,13-15,18-19H,10-12H2,1-5H3. The summed E-state index contributed by atoms with van der Waals surface area (Å²) in [5, 5.41) is 10.2. The van der Waals surface area contributed by atoms with Gasteiger partial charge in [0.2, 0.25) is 0 Å². The number of hydrogen-bond donors (Lipinski definition) is 1. The van der Waals surface area contributed by atoms with Gasteiger partial charge in [-0.25, -0.2) is 0 Å². The lowest BCUT2D eigenvalue weighted by atomic mass is 10.0. The van der Waals surface area contributed by atoms with Gasteiger partial charge in [0, 0.05) is 0 Å². The SMILES string of the molecule is CC(C)Cc1ccc(C(O)COC(C)CC(C)C)cc1. The van der Waals surface area contributed by atoms with Gasteiger partial charge in [-0.2, -0.15) is 0 Å². The second kappa shape index (κ2) is 8.43. The van der Waals surface area contributed by atoms with Crippen LogP contribution in [0.25, 0.3) is 0 Å². The summed E-state index contributed by atoms with van der Waals surface area (Å²) in [6.07, 6.45) is 1.78. The third-order valence-electron chi connectivity index (χ3n) is 3.35. The molecule has 0 saturated carbocycles. The van der Waals surface area contributed by atoms with Gasteiger partial charge in [-0.15, -0.1) is 0 Å². The summed E-state index contributed by atoms with van der Waals surface area (Å²) < 4.78 is 5.71. The van der Waals surface area contributed by atoms with Crippen LogP contribution in [-0.2, 0) is 11.2 Å². The first-order valence-electron chi connectivity index (χ1n) is 7.77. The molecule has 1 aromatic carbocycles. The minimum absolute atomic E-state index is 0.199. The van der Waals surface area contributed by atoms with Crippen molar-refractivity contribution in [3.63, 3.8) is 0 Å². The van der Waals surface area contributed by atoms with Crippen molar-refractivity contribution in [1.29, 1.82) is 0 Å². The van der Waals surface area contributed by atoms with Gasteiger partial charge < -0.3 is 9.84 Å². The van der Waals surface area contributed by atoms with Crippen LogP contribution < -0.4 is 0 Å². The summed E-state index contributed by atoms with van der Waals surface area (Å²) in [5.41, 5.74) is 2.26. The van der Waals surface area contributed by atoms with Crippen LogP contribution in [0.2, 0.25) is 0 Å². The molecule has 0 fully saturated rings. The Hall–Kier alpha value is -0.860. The zero-order valence-electron chi connectivity index (χ0n) is 13.6. The second-order valence-electron chi connectivity index (χ2n) is 6.63. The van der Waals surface area contributed by atoms with Gasteiger partial charge >= 0.3 is 0 Å². The molecule has 20 heavy (non-hydrogen) atoms.